The molecule has 1 aliphatic heterocycles. The molecule has 2 N–H and O–H groups in total. The van der Waals surface area contributed by atoms with Gasteiger partial charge in [-0.15, -0.1) is 11.8 Å². The molecule has 38 heavy (non-hydrogen) atoms. The van der Waals surface area contributed by atoms with Gasteiger partial charge in [-0.2, -0.15) is 0 Å². The van der Waals surface area contributed by atoms with Crippen molar-refractivity contribution in [3.8, 4) is 11.5 Å². The van der Waals surface area contributed by atoms with E-state index in [0.29, 0.717) is 29.2 Å². The van der Waals surface area contributed by atoms with Gasteiger partial charge in [-0.25, -0.2) is 0 Å². The highest BCUT2D eigenvalue weighted by Gasteiger charge is 2.37. The zero-order valence-corrected chi connectivity index (χ0v) is 23.4. The highest BCUT2D eigenvalue weighted by Crippen LogP contribution is 2.43. The average Bonchev–Trinajstić information content (AvgIpc) is 2.92. The summed E-state index contributed by atoms with van der Waals surface area (Å²) >= 11 is 8.29. The molecule has 7 nitrogen and oxygen atoms in total. The van der Waals surface area contributed by atoms with E-state index in [4.69, 9.17) is 21.1 Å². The lowest BCUT2D eigenvalue weighted by molar-refractivity contribution is -0.141. The van der Waals surface area contributed by atoms with Gasteiger partial charge in [0.25, 0.3) is 0 Å². The molecule has 1 saturated heterocycles. The number of halogens is 1. The van der Waals surface area contributed by atoms with Gasteiger partial charge in [-0.05, 0) is 80.6 Å². The van der Waals surface area contributed by atoms with E-state index >= 15 is 0 Å². The van der Waals surface area contributed by atoms with Crippen LogP contribution in [0.5, 0.6) is 11.5 Å². The molecule has 0 radical (unpaired) electrons. The van der Waals surface area contributed by atoms with Crippen molar-refractivity contribution in [3.05, 3.63) is 59.2 Å². The fourth-order valence-corrected chi connectivity index (χ4v) is 6.53. The predicted octanol–water partition coefficient (Wildman–Crippen LogP) is 6.07. The van der Waals surface area contributed by atoms with Crippen LogP contribution in [0.1, 0.15) is 43.8 Å². The van der Waals surface area contributed by atoms with Crippen molar-refractivity contribution in [2.75, 3.05) is 39.6 Å². The monoisotopic (exact) mass is 558 g/mol. The van der Waals surface area contributed by atoms with Crippen LogP contribution in [0.2, 0.25) is 5.02 Å². The second-order valence-corrected chi connectivity index (χ2v) is 11.5. The van der Waals surface area contributed by atoms with Crippen LogP contribution in [0.4, 0.5) is 0 Å². The quantitative estimate of drug-likeness (QED) is 0.259. The zero-order chi connectivity index (χ0) is 27.1. The minimum atomic E-state index is -0.830. The molecule has 1 fully saturated rings. The summed E-state index contributed by atoms with van der Waals surface area (Å²) in [5.41, 5.74) is 0.994. The topological polar surface area (TPSA) is 92.1 Å². The number of benzene rings is 2. The van der Waals surface area contributed by atoms with Gasteiger partial charge in [0.05, 0.1) is 37.3 Å². The SMILES string of the molecule is COc1cccc(SCCN2CCC(CC[C@@H](O)c3c(Cl)cnc4ccc(OC)cc34)(CC(=O)O)CC2)c1. The van der Waals surface area contributed by atoms with Crippen LogP contribution in [0.3, 0.4) is 0 Å². The fraction of sp³-hybridized carbons (Fsp3) is 0.448. The number of aliphatic hydroxyl groups excluding tert-OH is 1. The van der Waals surface area contributed by atoms with Crippen molar-refractivity contribution in [1.82, 2.24) is 9.88 Å². The Kier molecular flexibility index (Phi) is 9.76. The van der Waals surface area contributed by atoms with E-state index in [1.165, 1.54) is 4.90 Å². The number of pyridine rings is 1. The third kappa shape index (κ3) is 7.11. The summed E-state index contributed by atoms with van der Waals surface area (Å²) in [5, 5.41) is 22.1. The number of hydrogen-bond donors (Lipinski definition) is 2. The van der Waals surface area contributed by atoms with Crippen molar-refractivity contribution >= 4 is 40.2 Å². The number of methoxy groups -OCH3 is 2. The number of likely N-dealkylation sites (tertiary alicyclic amines) is 1. The molecule has 2 heterocycles. The molecule has 0 spiro atoms. The van der Waals surface area contributed by atoms with Crippen molar-refractivity contribution in [3.63, 3.8) is 0 Å². The number of aliphatic carboxylic acids is 1. The van der Waals surface area contributed by atoms with E-state index < -0.39 is 12.1 Å². The number of carboxylic acids is 1. The smallest absolute Gasteiger partial charge is 0.303 e. The lowest BCUT2D eigenvalue weighted by Gasteiger charge is -2.41. The Labute approximate surface area is 233 Å². The normalized spacial score (nSPS) is 16.3. The average molecular weight is 559 g/mol. The van der Waals surface area contributed by atoms with Crippen molar-refractivity contribution in [2.24, 2.45) is 5.41 Å². The molecule has 0 unspecified atom stereocenters. The van der Waals surface area contributed by atoms with Crippen molar-refractivity contribution in [1.29, 1.82) is 0 Å². The molecule has 1 aliphatic rings. The van der Waals surface area contributed by atoms with Crippen LogP contribution in [0, 0.1) is 5.41 Å². The Hall–Kier alpha value is -2.52. The molecule has 1 atom stereocenters. The predicted molar refractivity (Wildman–Crippen MR) is 152 cm³/mol. The van der Waals surface area contributed by atoms with E-state index in [-0.39, 0.29) is 11.8 Å². The Bertz CT molecular complexity index is 1250. The van der Waals surface area contributed by atoms with Gasteiger partial charge in [0.15, 0.2) is 0 Å². The summed E-state index contributed by atoms with van der Waals surface area (Å²) in [6.07, 6.45) is 3.44. The number of piperidine rings is 1. The number of thioether (sulfide) groups is 1. The standard InChI is InChI=1S/C29H35ClN2O5S/c1-36-20-4-3-5-22(16-20)38-15-14-32-12-10-29(11-13-32,18-27(34)35)9-8-26(33)28-23-17-21(37-2)6-7-25(23)31-19-24(28)30/h3-7,16-17,19,26,33H,8-15,18H2,1-2H3,(H,34,35)/t26-/m1/s1. The van der Waals surface area contributed by atoms with Crippen LogP contribution in [0.15, 0.2) is 53.6 Å². The summed E-state index contributed by atoms with van der Waals surface area (Å²) in [7, 11) is 3.26. The molecule has 4 rings (SSSR count). The molecular formula is C29H35ClN2O5S. The van der Waals surface area contributed by atoms with Gasteiger partial charge in [0, 0.05) is 34.3 Å². The second-order valence-electron chi connectivity index (χ2n) is 9.90. The molecular weight excluding hydrogens is 524 g/mol. The molecule has 0 bridgehead atoms. The number of rotatable bonds is 12. The number of fused-ring (bicyclic) bond motifs is 1. The number of aromatic nitrogens is 1. The third-order valence-corrected chi connectivity index (χ3v) is 8.79. The Morgan fingerprint density at radius 3 is 2.61 bits per heavy atom. The van der Waals surface area contributed by atoms with Crippen LogP contribution in [-0.2, 0) is 4.79 Å². The van der Waals surface area contributed by atoms with Gasteiger partial charge < -0.3 is 24.6 Å². The molecule has 204 valence electrons. The lowest BCUT2D eigenvalue weighted by atomic mass is 9.71. The molecule has 1 aromatic heterocycles. The Morgan fingerprint density at radius 1 is 1.16 bits per heavy atom. The van der Waals surface area contributed by atoms with Gasteiger partial charge in [0.1, 0.15) is 11.5 Å². The number of hydrogen-bond acceptors (Lipinski definition) is 7. The number of aliphatic hydroxyl groups is 1. The van der Waals surface area contributed by atoms with E-state index in [9.17, 15) is 15.0 Å². The molecule has 0 saturated carbocycles. The van der Waals surface area contributed by atoms with E-state index in [0.717, 1.165) is 54.9 Å². The van der Waals surface area contributed by atoms with Crippen molar-refractivity contribution in [2.45, 2.75) is 43.1 Å². The highest BCUT2D eigenvalue weighted by atomic mass is 35.5. The maximum atomic E-state index is 11.8. The Morgan fingerprint density at radius 2 is 1.89 bits per heavy atom. The second kappa shape index (κ2) is 13.0. The number of ether oxygens (including phenoxy) is 2. The minimum Gasteiger partial charge on any atom is -0.497 e. The van der Waals surface area contributed by atoms with Crippen LogP contribution in [-0.4, -0.2) is 65.7 Å². The van der Waals surface area contributed by atoms with Gasteiger partial charge in [-0.3, -0.25) is 9.78 Å². The highest BCUT2D eigenvalue weighted by molar-refractivity contribution is 7.99. The lowest BCUT2D eigenvalue weighted by Crippen LogP contribution is -2.42. The Balaban J connectivity index is 1.37. The van der Waals surface area contributed by atoms with E-state index in [2.05, 4.69) is 16.0 Å². The number of carboxylic acid groups (broad SMARTS) is 1. The molecule has 9 heteroatoms. The maximum absolute atomic E-state index is 11.8. The summed E-state index contributed by atoms with van der Waals surface area (Å²) in [4.78, 5) is 19.8. The zero-order valence-electron chi connectivity index (χ0n) is 21.9. The third-order valence-electron chi connectivity index (χ3n) is 7.51. The largest absolute Gasteiger partial charge is 0.497 e. The summed E-state index contributed by atoms with van der Waals surface area (Å²) in [6.45, 7) is 2.63. The van der Waals surface area contributed by atoms with Crippen LogP contribution < -0.4 is 9.47 Å². The van der Waals surface area contributed by atoms with Crippen molar-refractivity contribution < 1.29 is 24.5 Å². The summed E-state index contributed by atoms with van der Waals surface area (Å²) < 4.78 is 10.7. The van der Waals surface area contributed by atoms with Crippen LogP contribution >= 0.6 is 23.4 Å². The minimum absolute atomic E-state index is 0.102. The first-order valence-electron chi connectivity index (χ1n) is 12.8. The van der Waals surface area contributed by atoms with Gasteiger partial charge >= 0.3 is 5.97 Å². The molecule has 0 aliphatic carbocycles. The summed E-state index contributed by atoms with van der Waals surface area (Å²) in [6, 6.07) is 13.6. The van der Waals surface area contributed by atoms with E-state index in [1.807, 2.05) is 36.4 Å². The fourth-order valence-electron chi connectivity index (χ4n) is 5.29. The first-order chi connectivity index (χ1) is 18.3. The first-order valence-corrected chi connectivity index (χ1v) is 14.2. The van der Waals surface area contributed by atoms with Gasteiger partial charge in [-0.1, -0.05) is 17.7 Å². The van der Waals surface area contributed by atoms with E-state index in [1.54, 1.807) is 32.2 Å². The maximum Gasteiger partial charge on any atom is 0.303 e. The first kappa shape index (κ1) is 28.5. The van der Waals surface area contributed by atoms with Gasteiger partial charge in [0.2, 0.25) is 0 Å². The number of carbonyl (C=O) groups is 1. The molecule has 0 amide bonds. The van der Waals surface area contributed by atoms with Crippen LogP contribution in [0.25, 0.3) is 10.9 Å². The summed E-state index contributed by atoms with van der Waals surface area (Å²) in [5.74, 6) is 1.68. The number of nitrogens with zero attached hydrogens (tertiary/aromatic N) is 2. The molecule has 3 aromatic rings. The molecule has 2 aromatic carbocycles.